The van der Waals surface area contributed by atoms with Crippen molar-refractivity contribution in [2.24, 2.45) is 0 Å². The number of benzene rings is 1. The van der Waals surface area contributed by atoms with Crippen molar-refractivity contribution in [2.45, 2.75) is 19.4 Å². The number of nitrogens with zero attached hydrogens (tertiary/aromatic N) is 2. The minimum absolute atomic E-state index is 0.0121. The second-order valence-corrected chi connectivity index (χ2v) is 6.62. The lowest BCUT2D eigenvalue weighted by molar-refractivity contribution is -0.139. The van der Waals surface area contributed by atoms with Crippen LogP contribution in [-0.2, 0) is 14.3 Å². The molecule has 0 aromatic heterocycles. The summed E-state index contributed by atoms with van der Waals surface area (Å²) >= 11 is 0. The van der Waals surface area contributed by atoms with Gasteiger partial charge in [0.25, 0.3) is 0 Å². The van der Waals surface area contributed by atoms with Gasteiger partial charge in [0.1, 0.15) is 0 Å². The highest BCUT2D eigenvalue weighted by molar-refractivity contribution is 6.35. The lowest BCUT2D eigenvalue weighted by Gasteiger charge is -2.35. The molecule has 2 rings (SSSR count). The van der Waals surface area contributed by atoms with Crippen molar-refractivity contribution < 1.29 is 14.3 Å². The number of anilines is 1. The van der Waals surface area contributed by atoms with Crippen molar-refractivity contribution in [1.29, 1.82) is 0 Å². The number of amides is 2. The minimum atomic E-state index is -0.582. The van der Waals surface area contributed by atoms with Crippen LogP contribution in [0.1, 0.15) is 24.9 Å². The highest BCUT2D eigenvalue weighted by Crippen LogP contribution is 2.23. The van der Waals surface area contributed by atoms with E-state index >= 15 is 0 Å². The quantitative estimate of drug-likeness (QED) is 0.701. The predicted molar refractivity (Wildman–Crippen MR) is 102 cm³/mol. The van der Waals surface area contributed by atoms with Gasteiger partial charge >= 0.3 is 11.8 Å². The van der Waals surface area contributed by atoms with Gasteiger partial charge in [-0.3, -0.25) is 14.5 Å². The molecule has 7 nitrogen and oxygen atoms in total. The second kappa shape index (κ2) is 10.1. The number of nitrogens with one attached hydrogen (secondary N) is 2. The second-order valence-electron chi connectivity index (χ2n) is 6.62. The smallest absolute Gasteiger partial charge is 0.309 e. The summed E-state index contributed by atoms with van der Waals surface area (Å²) < 4.78 is 5.44. The maximum atomic E-state index is 12.0. The zero-order valence-corrected chi connectivity index (χ0v) is 16.0. The number of morpholine rings is 1. The highest BCUT2D eigenvalue weighted by atomic mass is 16.5. The Hall–Kier alpha value is -2.12. The molecule has 0 bridgehead atoms. The lowest BCUT2D eigenvalue weighted by atomic mass is 10.0. The standard InChI is InChI=1S/C19H30N4O3/c1-4-9-20-18(24)19(25)21-14-17(23-10-12-26-13-11-23)15-5-7-16(8-6-15)22(2)3/h5-8,17H,4,9-14H2,1-3H3,(H,20,24)(H,21,25)/t17-/m1/s1. The summed E-state index contributed by atoms with van der Waals surface area (Å²) in [5.41, 5.74) is 2.24. The van der Waals surface area contributed by atoms with Crippen LogP contribution in [0.25, 0.3) is 0 Å². The summed E-state index contributed by atoms with van der Waals surface area (Å²) in [6, 6.07) is 8.31. The first-order chi connectivity index (χ1) is 12.5. The van der Waals surface area contributed by atoms with Gasteiger partial charge in [0.2, 0.25) is 0 Å². The maximum Gasteiger partial charge on any atom is 0.309 e. The average molecular weight is 362 g/mol. The number of carbonyl (C=O) groups excluding carboxylic acids is 2. The fourth-order valence-electron chi connectivity index (χ4n) is 2.93. The van der Waals surface area contributed by atoms with Gasteiger partial charge in [-0.2, -0.15) is 0 Å². The molecule has 1 heterocycles. The molecule has 0 aliphatic carbocycles. The molecule has 1 aromatic rings. The number of hydrogen-bond donors (Lipinski definition) is 2. The third kappa shape index (κ3) is 5.71. The Morgan fingerprint density at radius 3 is 2.31 bits per heavy atom. The van der Waals surface area contributed by atoms with Crippen LogP contribution in [0.2, 0.25) is 0 Å². The van der Waals surface area contributed by atoms with Gasteiger partial charge in [-0.05, 0) is 24.1 Å². The van der Waals surface area contributed by atoms with Crippen LogP contribution in [0, 0.1) is 0 Å². The topological polar surface area (TPSA) is 73.9 Å². The Morgan fingerprint density at radius 1 is 1.12 bits per heavy atom. The molecule has 7 heteroatoms. The zero-order chi connectivity index (χ0) is 18.9. The third-order valence-corrected chi connectivity index (χ3v) is 4.48. The molecule has 0 saturated carbocycles. The van der Waals surface area contributed by atoms with Crippen LogP contribution in [0.15, 0.2) is 24.3 Å². The minimum Gasteiger partial charge on any atom is -0.379 e. The Bertz CT molecular complexity index is 583. The van der Waals surface area contributed by atoms with Crippen LogP contribution in [-0.4, -0.2) is 70.2 Å². The van der Waals surface area contributed by atoms with Gasteiger partial charge in [-0.1, -0.05) is 19.1 Å². The molecule has 2 N–H and O–H groups in total. The Balaban J connectivity index is 2.06. The normalized spacial score (nSPS) is 16.0. The predicted octanol–water partition coefficient (Wildman–Crippen LogP) is 0.768. The molecule has 1 aromatic carbocycles. The monoisotopic (exact) mass is 362 g/mol. The van der Waals surface area contributed by atoms with E-state index in [1.54, 1.807) is 0 Å². The first kappa shape index (κ1) is 20.2. The molecule has 144 valence electrons. The third-order valence-electron chi connectivity index (χ3n) is 4.48. The van der Waals surface area contributed by atoms with Crippen molar-refractivity contribution >= 4 is 17.5 Å². The Morgan fingerprint density at radius 2 is 1.73 bits per heavy atom. The van der Waals surface area contributed by atoms with E-state index in [0.29, 0.717) is 26.3 Å². The van der Waals surface area contributed by atoms with Crippen molar-refractivity contribution in [3.8, 4) is 0 Å². The Kier molecular flexibility index (Phi) is 7.87. The molecule has 2 amide bonds. The fourth-order valence-corrected chi connectivity index (χ4v) is 2.93. The molecule has 1 aliphatic rings. The van der Waals surface area contributed by atoms with E-state index in [9.17, 15) is 9.59 Å². The highest BCUT2D eigenvalue weighted by Gasteiger charge is 2.24. The summed E-state index contributed by atoms with van der Waals surface area (Å²) in [6.45, 7) is 5.80. The summed E-state index contributed by atoms with van der Waals surface area (Å²) in [4.78, 5) is 28.2. The Labute approximate surface area is 155 Å². The first-order valence-electron chi connectivity index (χ1n) is 9.18. The molecular weight excluding hydrogens is 332 g/mol. The molecule has 1 saturated heterocycles. The summed E-state index contributed by atoms with van der Waals surface area (Å²) in [5.74, 6) is -1.16. The van der Waals surface area contributed by atoms with E-state index in [1.165, 1.54) is 0 Å². The van der Waals surface area contributed by atoms with E-state index in [4.69, 9.17) is 4.74 Å². The number of hydrogen-bond acceptors (Lipinski definition) is 5. The van der Waals surface area contributed by atoms with Crippen molar-refractivity contribution in [3.05, 3.63) is 29.8 Å². The number of ether oxygens (including phenoxy) is 1. The van der Waals surface area contributed by atoms with Gasteiger partial charge in [0.05, 0.1) is 19.3 Å². The van der Waals surface area contributed by atoms with Crippen LogP contribution < -0.4 is 15.5 Å². The lowest BCUT2D eigenvalue weighted by Crippen LogP contribution is -2.46. The number of carbonyl (C=O) groups is 2. The van der Waals surface area contributed by atoms with Gasteiger partial charge in [-0.15, -0.1) is 0 Å². The average Bonchev–Trinajstić information content (AvgIpc) is 2.67. The number of rotatable bonds is 7. The van der Waals surface area contributed by atoms with Gasteiger partial charge in [-0.25, -0.2) is 0 Å². The van der Waals surface area contributed by atoms with Crippen LogP contribution in [0.5, 0.6) is 0 Å². The summed E-state index contributed by atoms with van der Waals surface area (Å²) in [5, 5.41) is 5.39. The van der Waals surface area contributed by atoms with Gasteiger partial charge < -0.3 is 20.3 Å². The summed E-state index contributed by atoms with van der Waals surface area (Å²) in [7, 11) is 4.01. The van der Waals surface area contributed by atoms with Crippen LogP contribution >= 0.6 is 0 Å². The molecular formula is C19H30N4O3. The van der Waals surface area contributed by atoms with Crippen molar-refractivity contribution in [3.63, 3.8) is 0 Å². The fraction of sp³-hybridized carbons (Fsp3) is 0.579. The molecule has 0 radical (unpaired) electrons. The van der Waals surface area contributed by atoms with Crippen LogP contribution in [0.3, 0.4) is 0 Å². The molecule has 0 spiro atoms. The van der Waals surface area contributed by atoms with Gasteiger partial charge in [0, 0.05) is 46.0 Å². The SMILES string of the molecule is CCCNC(=O)C(=O)NC[C@H](c1ccc(N(C)C)cc1)N1CCOCC1. The summed E-state index contributed by atoms with van der Waals surface area (Å²) in [6.07, 6.45) is 0.799. The molecule has 1 atom stereocenters. The molecule has 1 aliphatic heterocycles. The van der Waals surface area contributed by atoms with E-state index in [0.717, 1.165) is 30.8 Å². The van der Waals surface area contributed by atoms with Crippen molar-refractivity contribution in [2.75, 3.05) is 58.4 Å². The zero-order valence-electron chi connectivity index (χ0n) is 16.0. The van der Waals surface area contributed by atoms with E-state index in [2.05, 4.69) is 39.8 Å². The maximum absolute atomic E-state index is 12.0. The molecule has 1 fully saturated rings. The first-order valence-corrected chi connectivity index (χ1v) is 9.18. The van der Waals surface area contributed by atoms with E-state index in [-0.39, 0.29) is 6.04 Å². The molecule has 26 heavy (non-hydrogen) atoms. The van der Waals surface area contributed by atoms with Crippen molar-refractivity contribution in [1.82, 2.24) is 15.5 Å². The van der Waals surface area contributed by atoms with E-state index < -0.39 is 11.8 Å². The van der Waals surface area contributed by atoms with Gasteiger partial charge in [0.15, 0.2) is 0 Å². The van der Waals surface area contributed by atoms with E-state index in [1.807, 2.05) is 25.9 Å². The van der Waals surface area contributed by atoms with Crippen LogP contribution in [0.4, 0.5) is 5.69 Å². The molecule has 0 unspecified atom stereocenters. The largest absolute Gasteiger partial charge is 0.379 e.